The number of ether oxygens (including phenoxy) is 3. The third kappa shape index (κ3) is 3.23. The van der Waals surface area contributed by atoms with Gasteiger partial charge in [0.1, 0.15) is 0 Å². The van der Waals surface area contributed by atoms with Gasteiger partial charge in [-0.15, -0.1) is 0 Å². The van der Waals surface area contributed by atoms with Crippen LogP contribution < -0.4 is 5.32 Å². The molecule has 0 spiro atoms. The van der Waals surface area contributed by atoms with Gasteiger partial charge < -0.3 is 19.5 Å². The second-order valence-electron chi connectivity index (χ2n) is 3.28. The molecule has 1 fully saturated rings. The Labute approximate surface area is 79.5 Å². The van der Waals surface area contributed by atoms with E-state index in [2.05, 4.69) is 12.2 Å². The molecular weight excluding hydrogens is 170 g/mol. The lowest BCUT2D eigenvalue weighted by Gasteiger charge is -2.19. The summed E-state index contributed by atoms with van der Waals surface area (Å²) in [5.74, 6) is 0. The van der Waals surface area contributed by atoms with Crippen molar-refractivity contribution >= 4 is 0 Å². The average Bonchev–Trinajstić information content (AvgIpc) is 2.54. The quantitative estimate of drug-likeness (QED) is 0.634. The number of methoxy groups -OCH3 is 2. The Kier molecular flexibility index (Phi) is 4.66. The number of rotatable bonds is 5. The van der Waals surface area contributed by atoms with Crippen LogP contribution in [0.4, 0.5) is 0 Å². The maximum Gasteiger partial charge on any atom is 0.169 e. The molecular formula is C9H19NO3. The molecule has 78 valence electrons. The molecule has 1 aliphatic heterocycles. The normalized spacial score (nSPS) is 28.6. The fourth-order valence-electron chi connectivity index (χ4n) is 1.51. The zero-order chi connectivity index (χ0) is 9.68. The fraction of sp³-hybridized carbons (Fsp3) is 1.00. The van der Waals surface area contributed by atoms with Crippen LogP contribution in [0.1, 0.15) is 13.3 Å². The molecule has 4 heteroatoms. The Bertz CT molecular complexity index is 139. The summed E-state index contributed by atoms with van der Waals surface area (Å²) in [4.78, 5) is 0. The van der Waals surface area contributed by atoms with Gasteiger partial charge in [-0.25, -0.2) is 0 Å². The highest BCUT2D eigenvalue weighted by atomic mass is 16.7. The summed E-state index contributed by atoms with van der Waals surface area (Å²) in [5, 5.41) is 3.36. The molecule has 0 aromatic carbocycles. The first-order valence-corrected chi connectivity index (χ1v) is 4.68. The van der Waals surface area contributed by atoms with E-state index in [0.717, 1.165) is 13.0 Å². The molecule has 0 aromatic rings. The molecule has 1 N–H and O–H groups in total. The minimum absolute atomic E-state index is 0.159. The molecule has 1 heterocycles. The van der Waals surface area contributed by atoms with E-state index in [9.17, 15) is 0 Å². The third-order valence-corrected chi connectivity index (χ3v) is 2.45. The van der Waals surface area contributed by atoms with Crippen molar-refractivity contribution in [2.24, 2.45) is 0 Å². The summed E-state index contributed by atoms with van der Waals surface area (Å²) in [5.41, 5.74) is 0. The molecule has 0 amide bonds. The largest absolute Gasteiger partial charge is 0.377 e. The number of nitrogens with one attached hydrogen (secondary N) is 1. The lowest BCUT2D eigenvalue weighted by atomic mass is 10.1. The van der Waals surface area contributed by atoms with Gasteiger partial charge in [0.2, 0.25) is 0 Å². The van der Waals surface area contributed by atoms with Crippen LogP contribution in [0.3, 0.4) is 0 Å². The lowest BCUT2D eigenvalue weighted by Crippen LogP contribution is -2.40. The first-order chi connectivity index (χ1) is 6.27. The summed E-state index contributed by atoms with van der Waals surface area (Å²) in [6.07, 6.45) is 1.21. The van der Waals surface area contributed by atoms with Gasteiger partial charge in [-0.1, -0.05) is 0 Å². The molecule has 0 aromatic heterocycles. The van der Waals surface area contributed by atoms with Crippen molar-refractivity contribution in [3.8, 4) is 0 Å². The zero-order valence-corrected chi connectivity index (χ0v) is 8.58. The van der Waals surface area contributed by atoms with Crippen LogP contribution in [0.2, 0.25) is 0 Å². The van der Waals surface area contributed by atoms with Gasteiger partial charge in [0.15, 0.2) is 6.29 Å². The molecule has 2 unspecified atom stereocenters. The summed E-state index contributed by atoms with van der Waals surface area (Å²) < 4.78 is 15.6. The third-order valence-electron chi connectivity index (χ3n) is 2.45. The van der Waals surface area contributed by atoms with E-state index in [1.54, 1.807) is 14.2 Å². The molecule has 0 aliphatic carbocycles. The first-order valence-electron chi connectivity index (χ1n) is 4.68. The SMILES string of the molecule is COC(CNC1CCOC1C)OC. The summed E-state index contributed by atoms with van der Waals surface area (Å²) in [7, 11) is 3.29. The molecule has 0 radical (unpaired) electrons. The van der Waals surface area contributed by atoms with Crippen LogP contribution in [0, 0.1) is 0 Å². The van der Waals surface area contributed by atoms with Crippen molar-refractivity contribution in [2.45, 2.75) is 31.8 Å². The van der Waals surface area contributed by atoms with E-state index < -0.39 is 0 Å². The summed E-state index contributed by atoms with van der Waals surface area (Å²) >= 11 is 0. The number of hydrogen-bond donors (Lipinski definition) is 1. The highest BCUT2D eigenvalue weighted by molar-refractivity contribution is 4.79. The Morgan fingerprint density at radius 3 is 2.62 bits per heavy atom. The predicted octanol–water partition coefficient (Wildman–Crippen LogP) is 0.372. The van der Waals surface area contributed by atoms with Crippen LogP contribution in [0.15, 0.2) is 0 Å². The Morgan fingerprint density at radius 1 is 1.46 bits per heavy atom. The van der Waals surface area contributed by atoms with Crippen molar-refractivity contribution in [1.82, 2.24) is 5.32 Å². The van der Waals surface area contributed by atoms with Crippen LogP contribution >= 0.6 is 0 Å². The summed E-state index contributed by atoms with van der Waals surface area (Å²) in [6, 6.07) is 0.438. The van der Waals surface area contributed by atoms with E-state index in [4.69, 9.17) is 14.2 Å². The Hall–Kier alpha value is -0.160. The van der Waals surface area contributed by atoms with Gasteiger partial charge in [-0.05, 0) is 13.3 Å². The van der Waals surface area contributed by atoms with Crippen LogP contribution in [0.25, 0.3) is 0 Å². The minimum atomic E-state index is -0.159. The van der Waals surface area contributed by atoms with Crippen molar-refractivity contribution in [3.63, 3.8) is 0 Å². The standard InChI is InChI=1S/C9H19NO3/c1-7-8(4-5-13-7)10-6-9(11-2)12-3/h7-10H,4-6H2,1-3H3. The van der Waals surface area contributed by atoms with Crippen LogP contribution in [-0.4, -0.2) is 45.8 Å². The minimum Gasteiger partial charge on any atom is -0.377 e. The van der Waals surface area contributed by atoms with Crippen molar-refractivity contribution in [1.29, 1.82) is 0 Å². The van der Waals surface area contributed by atoms with Gasteiger partial charge in [0, 0.05) is 33.4 Å². The smallest absolute Gasteiger partial charge is 0.169 e. The topological polar surface area (TPSA) is 39.7 Å². The summed E-state index contributed by atoms with van der Waals surface area (Å²) in [6.45, 7) is 3.65. The van der Waals surface area contributed by atoms with E-state index in [1.807, 2.05) is 0 Å². The fourth-order valence-corrected chi connectivity index (χ4v) is 1.51. The van der Waals surface area contributed by atoms with Gasteiger partial charge in [0.25, 0.3) is 0 Å². The maximum absolute atomic E-state index is 5.42. The van der Waals surface area contributed by atoms with Crippen molar-refractivity contribution in [2.75, 3.05) is 27.4 Å². The van der Waals surface area contributed by atoms with Gasteiger partial charge in [-0.3, -0.25) is 0 Å². The first kappa shape index (κ1) is 10.9. The molecule has 13 heavy (non-hydrogen) atoms. The Balaban J connectivity index is 2.17. The van der Waals surface area contributed by atoms with Crippen LogP contribution in [-0.2, 0) is 14.2 Å². The zero-order valence-electron chi connectivity index (χ0n) is 8.58. The average molecular weight is 189 g/mol. The number of hydrogen-bond acceptors (Lipinski definition) is 4. The van der Waals surface area contributed by atoms with E-state index >= 15 is 0 Å². The highest BCUT2D eigenvalue weighted by Crippen LogP contribution is 2.12. The molecule has 2 atom stereocenters. The second-order valence-corrected chi connectivity index (χ2v) is 3.28. The molecule has 0 saturated carbocycles. The lowest BCUT2D eigenvalue weighted by molar-refractivity contribution is -0.100. The van der Waals surface area contributed by atoms with E-state index in [0.29, 0.717) is 18.7 Å². The van der Waals surface area contributed by atoms with E-state index in [1.165, 1.54) is 0 Å². The molecule has 1 rings (SSSR count). The van der Waals surface area contributed by atoms with Gasteiger partial charge >= 0.3 is 0 Å². The second kappa shape index (κ2) is 5.54. The molecule has 1 aliphatic rings. The maximum atomic E-state index is 5.42. The van der Waals surface area contributed by atoms with Crippen LogP contribution in [0.5, 0.6) is 0 Å². The van der Waals surface area contributed by atoms with Crippen molar-refractivity contribution < 1.29 is 14.2 Å². The predicted molar refractivity (Wildman–Crippen MR) is 49.6 cm³/mol. The Morgan fingerprint density at radius 2 is 2.15 bits per heavy atom. The van der Waals surface area contributed by atoms with Gasteiger partial charge in [0.05, 0.1) is 6.10 Å². The molecule has 4 nitrogen and oxygen atoms in total. The van der Waals surface area contributed by atoms with Gasteiger partial charge in [-0.2, -0.15) is 0 Å². The monoisotopic (exact) mass is 189 g/mol. The molecule has 0 bridgehead atoms. The van der Waals surface area contributed by atoms with Crippen molar-refractivity contribution in [3.05, 3.63) is 0 Å². The molecule has 1 saturated heterocycles. The highest BCUT2D eigenvalue weighted by Gasteiger charge is 2.24. The van der Waals surface area contributed by atoms with E-state index in [-0.39, 0.29) is 6.29 Å².